The van der Waals surface area contributed by atoms with Crippen molar-refractivity contribution in [1.82, 2.24) is 5.32 Å². The van der Waals surface area contributed by atoms with Crippen molar-refractivity contribution in [2.45, 2.75) is 43.9 Å². The molecular weight excluding hydrogens is 566 g/mol. The zero-order valence-electron chi connectivity index (χ0n) is 25.3. The predicted octanol–water partition coefficient (Wildman–Crippen LogP) is 6.35. The molecule has 9 heteroatoms. The zero-order valence-corrected chi connectivity index (χ0v) is 25.3. The molecule has 0 saturated heterocycles. The molecule has 0 spiro atoms. The number of amides is 1. The lowest BCUT2D eigenvalue weighted by molar-refractivity contribution is -0.128. The third-order valence-corrected chi connectivity index (χ3v) is 8.08. The first kappa shape index (κ1) is 31.3. The fourth-order valence-corrected chi connectivity index (χ4v) is 5.57. The van der Waals surface area contributed by atoms with Gasteiger partial charge >= 0.3 is 0 Å². The summed E-state index contributed by atoms with van der Waals surface area (Å²) in [7, 11) is 0. The molecular formula is C36H37N5O4. The monoisotopic (exact) mass is 603 g/mol. The van der Waals surface area contributed by atoms with Gasteiger partial charge in [-0.25, -0.2) is 4.99 Å². The van der Waals surface area contributed by atoms with Gasteiger partial charge in [-0.05, 0) is 59.0 Å². The number of carbonyl (C=O) groups excluding carboxylic acids is 1. The van der Waals surface area contributed by atoms with Crippen LogP contribution in [-0.4, -0.2) is 48.3 Å². The van der Waals surface area contributed by atoms with Crippen LogP contribution in [0.3, 0.4) is 0 Å². The van der Waals surface area contributed by atoms with Crippen molar-refractivity contribution in [3.8, 4) is 5.75 Å². The SMILES string of the molecule is C[C@H]1OC(c2ccc(OCCCO)cc2)=N[C@@]1(Cc1ccccc1CN=[N+]=[N-])C(=O)NCC(c1ccccc1)c1ccccc1. The van der Waals surface area contributed by atoms with Crippen LogP contribution in [0.25, 0.3) is 10.4 Å². The molecule has 1 heterocycles. The van der Waals surface area contributed by atoms with Crippen LogP contribution in [0.2, 0.25) is 0 Å². The van der Waals surface area contributed by atoms with E-state index in [4.69, 9.17) is 25.1 Å². The van der Waals surface area contributed by atoms with Gasteiger partial charge < -0.3 is 19.9 Å². The van der Waals surface area contributed by atoms with Crippen LogP contribution < -0.4 is 10.1 Å². The Balaban J connectivity index is 1.48. The first-order chi connectivity index (χ1) is 22.0. The number of rotatable bonds is 14. The molecule has 45 heavy (non-hydrogen) atoms. The summed E-state index contributed by atoms with van der Waals surface area (Å²) in [5.41, 5.74) is 12.3. The van der Waals surface area contributed by atoms with Gasteiger partial charge in [0.15, 0.2) is 5.54 Å². The number of ether oxygens (including phenoxy) is 2. The number of carbonyl (C=O) groups is 1. The lowest BCUT2D eigenvalue weighted by atomic mass is 9.84. The Morgan fingerprint density at radius 3 is 2.22 bits per heavy atom. The van der Waals surface area contributed by atoms with Crippen molar-refractivity contribution in [2.24, 2.45) is 10.1 Å². The van der Waals surface area contributed by atoms with Crippen molar-refractivity contribution in [3.63, 3.8) is 0 Å². The molecule has 0 saturated carbocycles. The summed E-state index contributed by atoms with van der Waals surface area (Å²) in [5.74, 6) is 0.729. The highest BCUT2D eigenvalue weighted by atomic mass is 16.5. The maximum absolute atomic E-state index is 14.4. The van der Waals surface area contributed by atoms with Gasteiger partial charge in [-0.15, -0.1) is 0 Å². The number of nitrogens with zero attached hydrogens (tertiary/aromatic N) is 4. The molecule has 0 aromatic heterocycles. The molecule has 4 aromatic carbocycles. The first-order valence-corrected chi connectivity index (χ1v) is 15.1. The first-order valence-electron chi connectivity index (χ1n) is 15.1. The third kappa shape index (κ3) is 7.52. The number of aliphatic hydroxyl groups is 1. The smallest absolute Gasteiger partial charge is 0.252 e. The largest absolute Gasteiger partial charge is 0.494 e. The molecule has 0 aliphatic carbocycles. The molecule has 0 bridgehead atoms. The maximum Gasteiger partial charge on any atom is 0.252 e. The van der Waals surface area contributed by atoms with Gasteiger partial charge in [-0.1, -0.05) is 90.0 Å². The highest BCUT2D eigenvalue weighted by molar-refractivity contribution is 6.01. The van der Waals surface area contributed by atoms with Crippen molar-refractivity contribution in [2.75, 3.05) is 19.8 Å². The molecule has 5 rings (SSSR count). The summed E-state index contributed by atoms with van der Waals surface area (Å²) < 4.78 is 12.0. The van der Waals surface area contributed by atoms with Crippen LogP contribution >= 0.6 is 0 Å². The lowest BCUT2D eigenvalue weighted by Crippen LogP contribution is -2.53. The van der Waals surface area contributed by atoms with E-state index in [0.717, 1.165) is 27.8 Å². The molecule has 1 amide bonds. The highest BCUT2D eigenvalue weighted by Gasteiger charge is 2.50. The Bertz CT molecular complexity index is 1600. The van der Waals surface area contributed by atoms with Crippen molar-refractivity contribution in [1.29, 1.82) is 0 Å². The van der Waals surface area contributed by atoms with E-state index in [1.54, 1.807) is 0 Å². The fourth-order valence-electron chi connectivity index (χ4n) is 5.57. The zero-order chi connectivity index (χ0) is 31.5. The van der Waals surface area contributed by atoms with Crippen LogP contribution in [0.5, 0.6) is 5.75 Å². The van der Waals surface area contributed by atoms with Gasteiger partial charge in [-0.2, -0.15) is 0 Å². The quantitative estimate of drug-likeness (QED) is 0.0753. The van der Waals surface area contributed by atoms with Crippen LogP contribution in [0.15, 0.2) is 119 Å². The third-order valence-electron chi connectivity index (χ3n) is 8.08. The molecule has 1 aliphatic rings. The van der Waals surface area contributed by atoms with E-state index in [2.05, 4.69) is 39.6 Å². The van der Waals surface area contributed by atoms with Crippen LogP contribution in [-0.2, 0) is 22.5 Å². The number of azide groups is 1. The van der Waals surface area contributed by atoms with Crippen LogP contribution in [0.1, 0.15) is 47.1 Å². The fraction of sp³-hybridized carbons (Fsp3) is 0.278. The number of benzene rings is 4. The maximum atomic E-state index is 14.4. The van der Waals surface area contributed by atoms with E-state index in [-0.39, 0.29) is 31.4 Å². The van der Waals surface area contributed by atoms with E-state index in [9.17, 15) is 4.79 Å². The molecule has 4 aromatic rings. The summed E-state index contributed by atoms with van der Waals surface area (Å²) in [6.45, 7) is 2.87. The molecule has 2 atom stereocenters. The van der Waals surface area contributed by atoms with Gasteiger partial charge in [0.25, 0.3) is 5.91 Å². The normalized spacial score (nSPS) is 17.2. The number of hydrogen-bond acceptors (Lipinski definition) is 6. The number of hydrogen-bond donors (Lipinski definition) is 2. The molecule has 0 unspecified atom stereocenters. The van der Waals surface area contributed by atoms with Gasteiger partial charge in [0.1, 0.15) is 11.9 Å². The Kier molecular flexibility index (Phi) is 10.5. The molecule has 9 nitrogen and oxygen atoms in total. The summed E-state index contributed by atoms with van der Waals surface area (Å²) in [6.07, 6.45) is 0.209. The summed E-state index contributed by atoms with van der Waals surface area (Å²) in [6, 6.07) is 35.2. The summed E-state index contributed by atoms with van der Waals surface area (Å²) >= 11 is 0. The van der Waals surface area contributed by atoms with Crippen molar-refractivity contribution >= 4 is 11.8 Å². The van der Waals surface area contributed by atoms with E-state index in [0.29, 0.717) is 31.2 Å². The standard InChI is InChI=1S/C36H37N5O4/c1-26-36(23-30-15-8-9-16-31(30)24-39-41-37,40-34(45-26)29-17-19-32(20-18-29)44-22-10-21-42)35(43)38-25-33(27-11-4-2-5-12-27)28-13-6-3-7-14-28/h2-9,11-20,26,33,42H,10,21-25H2,1H3,(H,38,43)/t26-,36-/m1/s1. The average Bonchev–Trinajstić information content (AvgIpc) is 3.42. The lowest BCUT2D eigenvalue weighted by Gasteiger charge is -2.30. The average molecular weight is 604 g/mol. The van der Waals surface area contributed by atoms with E-state index in [1.165, 1.54) is 0 Å². The Morgan fingerprint density at radius 2 is 1.60 bits per heavy atom. The molecule has 2 N–H and O–H groups in total. The number of aliphatic hydroxyl groups excluding tert-OH is 1. The highest BCUT2D eigenvalue weighted by Crippen LogP contribution is 2.34. The minimum Gasteiger partial charge on any atom is -0.494 e. The van der Waals surface area contributed by atoms with Gasteiger partial charge in [0.2, 0.25) is 5.90 Å². The van der Waals surface area contributed by atoms with Gasteiger partial charge in [0, 0.05) is 42.4 Å². The Morgan fingerprint density at radius 1 is 0.978 bits per heavy atom. The van der Waals surface area contributed by atoms with Crippen molar-refractivity contribution < 1.29 is 19.4 Å². The van der Waals surface area contributed by atoms with Crippen LogP contribution in [0, 0.1) is 0 Å². The van der Waals surface area contributed by atoms with Gasteiger partial charge in [0.05, 0.1) is 13.2 Å². The van der Waals surface area contributed by atoms with E-state index < -0.39 is 11.6 Å². The Labute approximate surface area is 263 Å². The Hall–Kier alpha value is -5.11. The summed E-state index contributed by atoms with van der Waals surface area (Å²) in [5, 5.41) is 16.0. The van der Waals surface area contributed by atoms with Crippen molar-refractivity contribution in [3.05, 3.63) is 147 Å². The molecule has 0 fully saturated rings. The topological polar surface area (TPSA) is 129 Å². The van der Waals surface area contributed by atoms with E-state index >= 15 is 0 Å². The minimum absolute atomic E-state index is 0.0637. The van der Waals surface area contributed by atoms with Crippen LogP contribution in [0.4, 0.5) is 0 Å². The molecule has 1 aliphatic heterocycles. The number of aliphatic imine (C=N–C) groups is 1. The second kappa shape index (κ2) is 15.1. The molecule has 0 radical (unpaired) electrons. The number of nitrogens with one attached hydrogen (secondary N) is 1. The second-order valence-corrected chi connectivity index (χ2v) is 11.0. The van der Waals surface area contributed by atoms with Gasteiger partial charge in [-0.3, -0.25) is 4.79 Å². The predicted molar refractivity (Wildman–Crippen MR) is 174 cm³/mol. The summed E-state index contributed by atoms with van der Waals surface area (Å²) in [4.78, 5) is 22.4. The molecule has 230 valence electrons. The van der Waals surface area contributed by atoms with E-state index in [1.807, 2.05) is 91.9 Å². The second-order valence-electron chi connectivity index (χ2n) is 11.0. The minimum atomic E-state index is -1.28.